The van der Waals surface area contributed by atoms with Gasteiger partial charge < -0.3 is 10.5 Å². The molecular formula is C10H7Cl2N3O. The van der Waals surface area contributed by atoms with Gasteiger partial charge in [0, 0.05) is 6.07 Å². The number of nitrogens with zero attached hydrogens (tertiary/aromatic N) is 2. The first-order valence-corrected chi connectivity index (χ1v) is 5.13. The number of benzene rings is 1. The Bertz CT molecular complexity index is 502. The van der Waals surface area contributed by atoms with Gasteiger partial charge in [-0.15, -0.1) is 10.2 Å². The fourth-order valence-electron chi connectivity index (χ4n) is 1.06. The van der Waals surface area contributed by atoms with Gasteiger partial charge in [-0.1, -0.05) is 29.3 Å². The number of aromatic nitrogens is 2. The van der Waals surface area contributed by atoms with Gasteiger partial charge in [-0.25, -0.2) is 0 Å². The molecular weight excluding hydrogens is 249 g/mol. The second kappa shape index (κ2) is 4.55. The minimum atomic E-state index is 0.304. The van der Waals surface area contributed by atoms with Crippen molar-refractivity contribution in [1.29, 1.82) is 0 Å². The van der Waals surface area contributed by atoms with Crippen LogP contribution in [0, 0.1) is 0 Å². The van der Waals surface area contributed by atoms with Crippen molar-refractivity contribution in [3.8, 4) is 11.6 Å². The molecule has 82 valence electrons. The summed E-state index contributed by atoms with van der Waals surface area (Å²) >= 11 is 11.8. The molecule has 2 aromatic rings. The van der Waals surface area contributed by atoms with E-state index in [9.17, 15) is 0 Å². The maximum atomic E-state index is 5.94. The lowest BCUT2D eigenvalue weighted by atomic mass is 10.3. The topological polar surface area (TPSA) is 61.0 Å². The Morgan fingerprint density at radius 3 is 2.56 bits per heavy atom. The van der Waals surface area contributed by atoms with Crippen LogP contribution in [0.5, 0.6) is 11.6 Å². The monoisotopic (exact) mass is 255 g/mol. The van der Waals surface area contributed by atoms with Gasteiger partial charge in [-0.2, -0.15) is 0 Å². The van der Waals surface area contributed by atoms with Crippen molar-refractivity contribution in [2.45, 2.75) is 0 Å². The predicted octanol–water partition coefficient (Wildman–Crippen LogP) is 3.16. The molecule has 0 atom stereocenters. The van der Waals surface area contributed by atoms with Gasteiger partial charge in [0.05, 0.1) is 5.02 Å². The molecule has 0 aliphatic rings. The van der Waals surface area contributed by atoms with Crippen LogP contribution in [-0.2, 0) is 0 Å². The van der Waals surface area contributed by atoms with Crippen LogP contribution in [0.1, 0.15) is 0 Å². The number of ether oxygens (including phenoxy) is 1. The molecule has 0 fully saturated rings. The quantitative estimate of drug-likeness (QED) is 0.896. The Kier molecular flexibility index (Phi) is 3.12. The Morgan fingerprint density at radius 1 is 1.06 bits per heavy atom. The van der Waals surface area contributed by atoms with Crippen LogP contribution in [-0.4, -0.2) is 10.2 Å². The van der Waals surface area contributed by atoms with Crippen LogP contribution >= 0.6 is 23.2 Å². The summed E-state index contributed by atoms with van der Waals surface area (Å²) < 4.78 is 5.40. The van der Waals surface area contributed by atoms with Crippen LogP contribution in [0.4, 0.5) is 5.82 Å². The third-order valence-corrected chi connectivity index (χ3v) is 2.59. The van der Waals surface area contributed by atoms with Crippen LogP contribution in [0.3, 0.4) is 0 Å². The van der Waals surface area contributed by atoms with Crippen LogP contribution < -0.4 is 10.5 Å². The van der Waals surface area contributed by atoms with Gasteiger partial charge >= 0.3 is 0 Å². The van der Waals surface area contributed by atoms with Gasteiger partial charge in [0.1, 0.15) is 16.6 Å². The van der Waals surface area contributed by atoms with Gasteiger partial charge in [0.15, 0.2) is 0 Å². The zero-order valence-electron chi connectivity index (χ0n) is 8.02. The molecule has 0 amide bonds. The van der Waals surface area contributed by atoms with Crippen molar-refractivity contribution in [2.75, 3.05) is 5.73 Å². The third-order valence-electron chi connectivity index (χ3n) is 1.79. The van der Waals surface area contributed by atoms with Crippen LogP contribution in [0.15, 0.2) is 30.3 Å². The summed E-state index contributed by atoms with van der Waals surface area (Å²) in [5.74, 6) is 1.05. The molecule has 0 spiro atoms. The average Bonchev–Trinajstić information content (AvgIpc) is 2.28. The van der Waals surface area contributed by atoms with E-state index in [2.05, 4.69) is 10.2 Å². The molecule has 0 aliphatic carbocycles. The lowest BCUT2D eigenvalue weighted by molar-refractivity contribution is 0.456. The van der Waals surface area contributed by atoms with Gasteiger partial charge in [0.25, 0.3) is 0 Å². The van der Waals surface area contributed by atoms with Gasteiger partial charge in [-0.05, 0) is 18.2 Å². The van der Waals surface area contributed by atoms with E-state index in [0.29, 0.717) is 27.5 Å². The van der Waals surface area contributed by atoms with Crippen LogP contribution in [0.2, 0.25) is 10.0 Å². The number of hydrogen-bond acceptors (Lipinski definition) is 4. The highest BCUT2D eigenvalue weighted by molar-refractivity contribution is 6.42. The van der Waals surface area contributed by atoms with E-state index in [4.69, 9.17) is 33.7 Å². The molecule has 0 bridgehead atoms. The van der Waals surface area contributed by atoms with Crippen molar-refractivity contribution in [1.82, 2.24) is 10.2 Å². The van der Waals surface area contributed by atoms with E-state index in [0.717, 1.165) is 0 Å². The lowest BCUT2D eigenvalue weighted by Crippen LogP contribution is -1.95. The van der Waals surface area contributed by atoms with Crippen LogP contribution in [0.25, 0.3) is 0 Å². The first kappa shape index (κ1) is 11.0. The molecule has 0 saturated heterocycles. The number of hydrogen-bond donors (Lipinski definition) is 1. The molecule has 16 heavy (non-hydrogen) atoms. The van der Waals surface area contributed by atoms with E-state index < -0.39 is 0 Å². The van der Waals surface area contributed by atoms with Crippen molar-refractivity contribution in [3.05, 3.63) is 40.4 Å². The molecule has 4 nitrogen and oxygen atoms in total. The SMILES string of the molecule is Nc1ccc(Oc2cccc(Cl)c2Cl)nn1. The summed E-state index contributed by atoms with van der Waals surface area (Å²) in [5.41, 5.74) is 5.40. The lowest BCUT2D eigenvalue weighted by Gasteiger charge is -2.06. The minimum Gasteiger partial charge on any atom is -0.436 e. The number of halogens is 2. The summed E-state index contributed by atoms with van der Waals surface area (Å²) in [6, 6.07) is 8.27. The van der Waals surface area contributed by atoms with E-state index in [1.54, 1.807) is 30.3 Å². The summed E-state index contributed by atoms with van der Waals surface area (Å²) in [6.45, 7) is 0. The second-order valence-electron chi connectivity index (χ2n) is 2.95. The largest absolute Gasteiger partial charge is 0.436 e. The van der Waals surface area contributed by atoms with Crippen molar-refractivity contribution in [3.63, 3.8) is 0 Å². The molecule has 0 saturated carbocycles. The fourth-order valence-corrected chi connectivity index (χ4v) is 1.39. The zero-order valence-corrected chi connectivity index (χ0v) is 9.53. The molecule has 1 heterocycles. The van der Waals surface area contributed by atoms with Gasteiger partial charge in [0.2, 0.25) is 5.88 Å². The van der Waals surface area contributed by atoms with E-state index in [1.165, 1.54) is 0 Å². The summed E-state index contributed by atoms with van der Waals surface area (Å²) in [6.07, 6.45) is 0. The van der Waals surface area contributed by atoms with Crippen molar-refractivity contribution in [2.24, 2.45) is 0 Å². The molecule has 2 rings (SSSR count). The highest BCUT2D eigenvalue weighted by atomic mass is 35.5. The molecule has 0 aliphatic heterocycles. The highest BCUT2D eigenvalue weighted by Gasteiger charge is 2.07. The summed E-state index contributed by atoms with van der Waals surface area (Å²) in [4.78, 5) is 0. The summed E-state index contributed by atoms with van der Waals surface area (Å²) in [7, 11) is 0. The highest BCUT2D eigenvalue weighted by Crippen LogP contribution is 2.33. The standard InChI is InChI=1S/C10H7Cl2N3O/c11-6-2-1-3-7(10(6)12)16-9-5-4-8(13)14-15-9/h1-5H,(H2,13,14). The van der Waals surface area contributed by atoms with Gasteiger partial charge in [-0.3, -0.25) is 0 Å². The molecule has 6 heteroatoms. The Labute approximate surface area is 102 Å². The third kappa shape index (κ3) is 2.35. The fraction of sp³-hybridized carbons (Fsp3) is 0. The van der Waals surface area contributed by atoms with Crippen molar-refractivity contribution >= 4 is 29.0 Å². The zero-order chi connectivity index (χ0) is 11.5. The number of anilines is 1. The average molecular weight is 256 g/mol. The smallest absolute Gasteiger partial charge is 0.239 e. The first-order valence-electron chi connectivity index (χ1n) is 4.38. The molecule has 1 aromatic heterocycles. The Morgan fingerprint density at radius 2 is 1.88 bits per heavy atom. The van der Waals surface area contributed by atoms with E-state index >= 15 is 0 Å². The first-order chi connectivity index (χ1) is 7.66. The normalized spacial score (nSPS) is 10.1. The summed E-state index contributed by atoms with van der Waals surface area (Å²) in [5, 5.41) is 8.15. The minimum absolute atomic E-state index is 0.304. The predicted molar refractivity (Wildman–Crippen MR) is 63.0 cm³/mol. The number of rotatable bonds is 2. The van der Waals surface area contributed by atoms with E-state index in [1.807, 2.05) is 0 Å². The maximum Gasteiger partial charge on any atom is 0.239 e. The number of nitrogens with two attached hydrogens (primary N) is 1. The molecule has 0 radical (unpaired) electrons. The Balaban J connectivity index is 2.27. The molecule has 0 unspecified atom stereocenters. The van der Waals surface area contributed by atoms with Crippen molar-refractivity contribution < 1.29 is 4.74 Å². The Hall–Kier alpha value is -1.52. The van der Waals surface area contributed by atoms with E-state index in [-0.39, 0.29) is 0 Å². The number of nitrogen functional groups attached to an aromatic ring is 1. The molecule has 2 N–H and O–H groups in total. The molecule has 1 aromatic carbocycles. The second-order valence-corrected chi connectivity index (χ2v) is 3.74. The maximum absolute atomic E-state index is 5.94.